The summed E-state index contributed by atoms with van der Waals surface area (Å²) in [6.45, 7) is 2.47. The number of ether oxygens (including phenoxy) is 1. The maximum absolute atomic E-state index is 12.1. The van der Waals surface area contributed by atoms with Crippen LogP contribution in [0.15, 0.2) is 51.9 Å². The maximum atomic E-state index is 12.1. The number of fused-ring (bicyclic) bond motifs is 1. The number of nitrogens with zero attached hydrogens (tertiary/aromatic N) is 5. The molecule has 9 heteroatoms. The van der Waals surface area contributed by atoms with Gasteiger partial charge in [0.1, 0.15) is 12.4 Å². The number of hydrogen-bond donors (Lipinski definition) is 0. The molecule has 0 saturated heterocycles. The van der Waals surface area contributed by atoms with Crippen LogP contribution in [0.25, 0.3) is 4.96 Å². The third kappa shape index (κ3) is 3.95. The molecule has 0 aliphatic carbocycles. The number of aromatic nitrogens is 5. The Morgan fingerprint density at radius 3 is 2.82 bits per heavy atom. The molecule has 4 aromatic rings. The molecule has 0 aliphatic heterocycles. The molecule has 0 N–H and O–H groups in total. The first-order valence-corrected chi connectivity index (χ1v) is 10.7. The molecular formula is C19H19N5O2S2. The number of aryl methyl sites for hydroxylation is 1. The second-order valence-electron chi connectivity index (χ2n) is 6.17. The summed E-state index contributed by atoms with van der Waals surface area (Å²) >= 11 is 2.94. The van der Waals surface area contributed by atoms with Gasteiger partial charge < -0.3 is 9.30 Å². The Morgan fingerprint density at radius 2 is 2.04 bits per heavy atom. The summed E-state index contributed by atoms with van der Waals surface area (Å²) in [5.74, 6) is 2.10. The molecule has 0 unspecified atom stereocenters. The number of thiazole rings is 1. The molecule has 0 spiro atoms. The van der Waals surface area contributed by atoms with Crippen LogP contribution in [0.1, 0.15) is 24.0 Å². The van der Waals surface area contributed by atoms with Crippen molar-refractivity contribution < 1.29 is 4.74 Å². The van der Waals surface area contributed by atoms with Gasteiger partial charge in [0.05, 0.1) is 5.69 Å². The molecule has 144 valence electrons. The molecule has 0 amide bonds. The lowest BCUT2D eigenvalue weighted by Gasteiger charge is -2.07. The SMILES string of the molecule is CCc1ccc(OCc2nnc(SCc3cc(=O)n4ccsc4n3)n2C)cc1. The topological polar surface area (TPSA) is 74.3 Å². The van der Waals surface area contributed by atoms with Gasteiger partial charge in [0.25, 0.3) is 5.56 Å². The van der Waals surface area contributed by atoms with Crippen molar-refractivity contribution in [3.8, 4) is 5.75 Å². The quantitative estimate of drug-likeness (QED) is 0.433. The first-order chi connectivity index (χ1) is 13.6. The Kier molecular flexibility index (Phi) is 5.45. The van der Waals surface area contributed by atoms with Crippen LogP contribution in [-0.4, -0.2) is 24.1 Å². The Labute approximate surface area is 170 Å². The van der Waals surface area contributed by atoms with E-state index >= 15 is 0 Å². The highest BCUT2D eigenvalue weighted by molar-refractivity contribution is 7.98. The van der Waals surface area contributed by atoms with E-state index in [1.54, 1.807) is 16.7 Å². The van der Waals surface area contributed by atoms with Crippen molar-refractivity contribution in [2.75, 3.05) is 0 Å². The van der Waals surface area contributed by atoms with Crippen LogP contribution in [0.2, 0.25) is 0 Å². The fourth-order valence-corrected chi connectivity index (χ4v) is 4.23. The molecule has 0 atom stereocenters. The van der Waals surface area contributed by atoms with Gasteiger partial charge in [-0.3, -0.25) is 9.20 Å². The van der Waals surface area contributed by atoms with Crippen molar-refractivity contribution in [3.63, 3.8) is 0 Å². The van der Waals surface area contributed by atoms with Gasteiger partial charge in [0, 0.05) is 30.4 Å². The Bertz CT molecular complexity index is 1150. The number of hydrogen-bond acceptors (Lipinski definition) is 7. The van der Waals surface area contributed by atoms with Crippen LogP contribution < -0.4 is 10.3 Å². The molecule has 28 heavy (non-hydrogen) atoms. The van der Waals surface area contributed by atoms with Gasteiger partial charge in [0.2, 0.25) is 0 Å². The van der Waals surface area contributed by atoms with Crippen LogP contribution >= 0.6 is 23.1 Å². The summed E-state index contributed by atoms with van der Waals surface area (Å²) in [5, 5.41) is 11.1. The van der Waals surface area contributed by atoms with E-state index in [0.717, 1.165) is 28.8 Å². The van der Waals surface area contributed by atoms with Gasteiger partial charge in [-0.2, -0.15) is 0 Å². The average Bonchev–Trinajstić information content (AvgIpc) is 3.32. The number of benzene rings is 1. The molecule has 4 rings (SSSR count). The van der Waals surface area contributed by atoms with Crippen molar-refractivity contribution in [2.45, 2.75) is 30.9 Å². The van der Waals surface area contributed by atoms with Crippen molar-refractivity contribution >= 4 is 28.1 Å². The van der Waals surface area contributed by atoms with Crippen LogP contribution in [0.3, 0.4) is 0 Å². The minimum atomic E-state index is -0.0667. The predicted octanol–water partition coefficient (Wildman–Crippen LogP) is 3.32. The van der Waals surface area contributed by atoms with E-state index < -0.39 is 0 Å². The van der Waals surface area contributed by atoms with E-state index in [1.807, 2.05) is 29.1 Å². The van der Waals surface area contributed by atoms with Gasteiger partial charge in [-0.15, -0.1) is 21.5 Å². The average molecular weight is 414 g/mol. The first kappa shape index (κ1) is 18.7. The summed E-state index contributed by atoms with van der Waals surface area (Å²) in [6, 6.07) is 9.62. The van der Waals surface area contributed by atoms with Crippen LogP contribution in [0.4, 0.5) is 0 Å². The van der Waals surface area contributed by atoms with E-state index in [9.17, 15) is 4.79 Å². The Balaban J connectivity index is 1.40. The highest BCUT2D eigenvalue weighted by Crippen LogP contribution is 2.21. The van der Waals surface area contributed by atoms with E-state index in [4.69, 9.17) is 4.74 Å². The van der Waals surface area contributed by atoms with Gasteiger partial charge in [0.15, 0.2) is 15.9 Å². The lowest BCUT2D eigenvalue weighted by molar-refractivity contribution is 0.290. The van der Waals surface area contributed by atoms with E-state index in [0.29, 0.717) is 17.3 Å². The zero-order valence-corrected chi connectivity index (χ0v) is 17.2. The smallest absolute Gasteiger partial charge is 0.258 e. The van der Waals surface area contributed by atoms with Crippen LogP contribution in [0.5, 0.6) is 5.75 Å². The molecule has 0 saturated carbocycles. The Hall–Kier alpha value is -2.65. The largest absolute Gasteiger partial charge is 0.486 e. The minimum Gasteiger partial charge on any atom is -0.486 e. The van der Waals surface area contributed by atoms with Crippen molar-refractivity contribution in [3.05, 3.63) is 69.3 Å². The second-order valence-corrected chi connectivity index (χ2v) is 7.99. The van der Waals surface area contributed by atoms with Gasteiger partial charge in [-0.1, -0.05) is 30.8 Å². The molecule has 1 aromatic carbocycles. The third-order valence-corrected chi connectivity index (χ3v) is 6.14. The molecule has 0 aliphatic rings. The highest BCUT2D eigenvalue weighted by Gasteiger charge is 2.11. The van der Waals surface area contributed by atoms with Gasteiger partial charge >= 0.3 is 0 Å². The van der Waals surface area contributed by atoms with E-state index in [-0.39, 0.29) is 5.56 Å². The fourth-order valence-electron chi connectivity index (χ4n) is 2.67. The first-order valence-electron chi connectivity index (χ1n) is 8.82. The predicted molar refractivity (Wildman–Crippen MR) is 110 cm³/mol. The molecule has 3 aromatic heterocycles. The zero-order valence-electron chi connectivity index (χ0n) is 15.5. The Morgan fingerprint density at radius 1 is 1.21 bits per heavy atom. The van der Waals surface area contributed by atoms with E-state index in [1.165, 1.54) is 28.7 Å². The summed E-state index contributed by atoms with van der Waals surface area (Å²) in [6.07, 6.45) is 2.74. The van der Waals surface area contributed by atoms with Crippen molar-refractivity contribution in [1.29, 1.82) is 0 Å². The van der Waals surface area contributed by atoms with Gasteiger partial charge in [-0.05, 0) is 24.1 Å². The van der Waals surface area contributed by atoms with Crippen LogP contribution in [-0.2, 0) is 25.8 Å². The third-order valence-electron chi connectivity index (χ3n) is 4.33. The zero-order chi connectivity index (χ0) is 19.5. The summed E-state index contributed by atoms with van der Waals surface area (Å²) in [4.78, 5) is 17.3. The monoisotopic (exact) mass is 413 g/mol. The molecule has 3 heterocycles. The molecular weight excluding hydrogens is 394 g/mol. The standard InChI is InChI=1S/C19H19N5O2S2/c1-3-13-4-6-15(7-5-13)26-11-16-21-22-19(23(16)2)28-12-14-10-17(25)24-8-9-27-18(24)20-14/h4-10H,3,11-12H2,1-2H3. The lowest BCUT2D eigenvalue weighted by atomic mass is 10.2. The highest BCUT2D eigenvalue weighted by atomic mass is 32.2. The molecule has 0 fully saturated rings. The number of rotatable bonds is 7. The second kappa shape index (κ2) is 8.15. The minimum absolute atomic E-state index is 0.0667. The van der Waals surface area contributed by atoms with Crippen molar-refractivity contribution in [1.82, 2.24) is 24.1 Å². The van der Waals surface area contributed by atoms with Crippen LogP contribution in [0, 0.1) is 0 Å². The summed E-state index contributed by atoms with van der Waals surface area (Å²) in [7, 11) is 1.91. The number of thioether (sulfide) groups is 1. The maximum Gasteiger partial charge on any atom is 0.258 e. The molecule has 0 radical (unpaired) electrons. The molecule has 0 bridgehead atoms. The summed E-state index contributed by atoms with van der Waals surface area (Å²) < 4.78 is 9.27. The van der Waals surface area contributed by atoms with Crippen molar-refractivity contribution in [2.24, 2.45) is 7.05 Å². The van der Waals surface area contributed by atoms with Gasteiger partial charge in [-0.25, -0.2) is 4.98 Å². The normalized spacial score (nSPS) is 11.2. The molecule has 7 nitrogen and oxygen atoms in total. The summed E-state index contributed by atoms with van der Waals surface area (Å²) in [5.41, 5.74) is 1.94. The fraction of sp³-hybridized carbons (Fsp3) is 0.263. The van der Waals surface area contributed by atoms with E-state index in [2.05, 4.69) is 34.2 Å². The lowest BCUT2D eigenvalue weighted by Crippen LogP contribution is -2.12.